The van der Waals surface area contributed by atoms with Crippen molar-refractivity contribution >= 4 is 28.5 Å². The molecule has 0 unspecified atom stereocenters. The highest BCUT2D eigenvalue weighted by molar-refractivity contribution is 6.01. The average Bonchev–Trinajstić information content (AvgIpc) is 3.27. The van der Waals surface area contributed by atoms with E-state index < -0.39 is 23.3 Å². The van der Waals surface area contributed by atoms with Crippen LogP contribution in [0.25, 0.3) is 11.0 Å². The van der Waals surface area contributed by atoms with Crippen molar-refractivity contribution < 1.29 is 14.0 Å². The maximum absolute atomic E-state index is 14.7. The number of halogens is 1. The fourth-order valence-electron chi connectivity index (χ4n) is 3.86. The van der Waals surface area contributed by atoms with Crippen LogP contribution in [-0.4, -0.2) is 37.3 Å². The van der Waals surface area contributed by atoms with Crippen LogP contribution >= 0.6 is 0 Å². The number of carbonyl (C=O) groups is 2. The van der Waals surface area contributed by atoms with Crippen LogP contribution in [0.4, 0.5) is 10.1 Å². The van der Waals surface area contributed by atoms with Gasteiger partial charge in [0.05, 0.1) is 5.52 Å². The SMILES string of the molecule is CCC(C)(C)NC(=O)[C@H](c1ccncc1)N(C(=O)Cn1nnc2ccccc21)c1ccc(C)c(F)c1. The van der Waals surface area contributed by atoms with Gasteiger partial charge in [0.2, 0.25) is 11.8 Å². The van der Waals surface area contributed by atoms with Crippen LogP contribution in [0, 0.1) is 12.7 Å². The molecule has 0 bridgehead atoms. The molecular weight excluding hydrogens is 459 g/mol. The Bertz CT molecular complexity index is 1390. The van der Waals surface area contributed by atoms with Gasteiger partial charge < -0.3 is 5.32 Å². The highest BCUT2D eigenvalue weighted by atomic mass is 19.1. The van der Waals surface area contributed by atoms with E-state index in [1.807, 2.05) is 39.0 Å². The molecule has 8 nitrogen and oxygen atoms in total. The van der Waals surface area contributed by atoms with Gasteiger partial charge in [-0.25, -0.2) is 9.07 Å². The lowest BCUT2D eigenvalue weighted by molar-refractivity contribution is -0.128. The van der Waals surface area contributed by atoms with Gasteiger partial charge >= 0.3 is 0 Å². The van der Waals surface area contributed by atoms with Gasteiger partial charge in [-0.2, -0.15) is 0 Å². The van der Waals surface area contributed by atoms with E-state index in [-0.39, 0.29) is 18.1 Å². The van der Waals surface area contributed by atoms with Crippen molar-refractivity contribution in [2.45, 2.75) is 52.2 Å². The van der Waals surface area contributed by atoms with E-state index in [9.17, 15) is 14.0 Å². The zero-order valence-corrected chi connectivity index (χ0v) is 20.8. The highest BCUT2D eigenvalue weighted by Crippen LogP contribution is 2.30. The van der Waals surface area contributed by atoms with E-state index in [0.29, 0.717) is 28.6 Å². The number of nitrogens with one attached hydrogen (secondary N) is 1. The molecule has 1 atom stereocenters. The van der Waals surface area contributed by atoms with Crippen molar-refractivity contribution in [3.63, 3.8) is 0 Å². The average molecular weight is 489 g/mol. The summed E-state index contributed by atoms with van der Waals surface area (Å²) < 4.78 is 16.2. The Hall–Kier alpha value is -4.14. The number of nitrogens with zero attached hydrogens (tertiary/aromatic N) is 5. The molecule has 4 rings (SSSR count). The molecule has 0 saturated heterocycles. The number of amides is 2. The van der Waals surface area contributed by atoms with Gasteiger partial charge in [-0.15, -0.1) is 5.10 Å². The van der Waals surface area contributed by atoms with E-state index in [1.165, 1.54) is 15.6 Å². The molecule has 0 fully saturated rings. The molecule has 0 saturated carbocycles. The van der Waals surface area contributed by atoms with Crippen LogP contribution in [-0.2, 0) is 16.1 Å². The number of para-hydroxylation sites is 1. The monoisotopic (exact) mass is 488 g/mol. The number of hydrogen-bond donors (Lipinski definition) is 1. The van der Waals surface area contributed by atoms with Crippen LogP contribution in [0.15, 0.2) is 67.0 Å². The van der Waals surface area contributed by atoms with Crippen molar-refractivity contribution in [3.8, 4) is 0 Å². The Labute approximate surface area is 209 Å². The van der Waals surface area contributed by atoms with E-state index in [4.69, 9.17) is 0 Å². The van der Waals surface area contributed by atoms with Gasteiger partial charge in [0.1, 0.15) is 23.9 Å². The maximum Gasteiger partial charge on any atom is 0.249 e. The van der Waals surface area contributed by atoms with Crippen LogP contribution in [0.2, 0.25) is 0 Å². The Kier molecular flexibility index (Phi) is 7.10. The second-order valence-electron chi connectivity index (χ2n) is 9.34. The third-order valence-corrected chi connectivity index (χ3v) is 6.28. The van der Waals surface area contributed by atoms with Crippen molar-refractivity contribution in [2.75, 3.05) is 4.90 Å². The zero-order valence-electron chi connectivity index (χ0n) is 20.8. The van der Waals surface area contributed by atoms with Gasteiger partial charge in [0.25, 0.3) is 0 Å². The number of pyridine rings is 1. The lowest BCUT2D eigenvalue weighted by atomic mass is 9.98. The predicted molar refractivity (Wildman–Crippen MR) is 136 cm³/mol. The number of carbonyl (C=O) groups excluding carboxylic acids is 2. The normalized spacial score (nSPS) is 12.4. The summed E-state index contributed by atoms with van der Waals surface area (Å²) in [6.45, 7) is 7.24. The second-order valence-corrected chi connectivity index (χ2v) is 9.34. The minimum atomic E-state index is -1.07. The van der Waals surface area contributed by atoms with E-state index in [1.54, 1.807) is 49.6 Å². The molecular formula is C27H29FN6O2. The quantitative estimate of drug-likeness (QED) is 0.398. The van der Waals surface area contributed by atoms with Crippen molar-refractivity contribution in [3.05, 3.63) is 83.9 Å². The van der Waals surface area contributed by atoms with Gasteiger partial charge in [-0.1, -0.05) is 30.3 Å². The molecule has 1 N–H and O–H groups in total. The van der Waals surface area contributed by atoms with Gasteiger partial charge in [0, 0.05) is 23.6 Å². The van der Waals surface area contributed by atoms with Gasteiger partial charge in [-0.3, -0.25) is 19.5 Å². The zero-order chi connectivity index (χ0) is 25.9. The molecule has 36 heavy (non-hydrogen) atoms. The van der Waals surface area contributed by atoms with Crippen LogP contribution in [0.5, 0.6) is 0 Å². The summed E-state index contributed by atoms with van der Waals surface area (Å²) in [6.07, 6.45) is 3.80. The molecule has 0 spiro atoms. The molecule has 2 aromatic heterocycles. The number of rotatable bonds is 8. The van der Waals surface area contributed by atoms with Crippen molar-refractivity contribution in [1.82, 2.24) is 25.3 Å². The summed E-state index contributed by atoms with van der Waals surface area (Å²) in [4.78, 5) is 33.1. The summed E-state index contributed by atoms with van der Waals surface area (Å²) in [5, 5.41) is 11.3. The first kappa shape index (κ1) is 25.0. The van der Waals surface area contributed by atoms with Crippen LogP contribution in [0.1, 0.15) is 44.4 Å². The second kappa shape index (κ2) is 10.2. The number of anilines is 1. The smallest absolute Gasteiger partial charge is 0.249 e. The largest absolute Gasteiger partial charge is 0.349 e. The maximum atomic E-state index is 14.7. The Balaban J connectivity index is 1.82. The summed E-state index contributed by atoms with van der Waals surface area (Å²) >= 11 is 0. The van der Waals surface area contributed by atoms with E-state index in [0.717, 1.165) is 0 Å². The predicted octanol–water partition coefficient (Wildman–Crippen LogP) is 4.35. The molecule has 2 amide bonds. The van der Waals surface area contributed by atoms with E-state index >= 15 is 0 Å². The fourth-order valence-corrected chi connectivity index (χ4v) is 3.86. The lowest BCUT2D eigenvalue weighted by Gasteiger charge is -2.34. The third kappa shape index (κ3) is 5.25. The molecule has 2 aromatic carbocycles. The molecule has 0 aliphatic heterocycles. The molecule has 0 aliphatic rings. The standard InChI is InChI=1S/C27H29FN6O2/c1-5-27(3,4)30-26(36)25(19-12-14-29-15-13-19)34(20-11-10-18(2)21(28)16-20)24(35)17-33-23-9-7-6-8-22(23)31-32-33/h6-16,25H,5,17H2,1-4H3,(H,30,36)/t25-/m0/s1. The first-order chi connectivity index (χ1) is 17.2. The van der Waals surface area contributed by atoms with E-state index in [2.05, 4.69) is 20.6 Å². The summed E-state index contributed by atoms with van der Waals surface area (Å²) in [6, 6.07) is 14.1. The summed E-state index contributed by atoms with van der Waals surface area (Å²) in [5.74, 6) is -1.30. The summed E-state index contributed by atoms with van der Waals surface area (Å²) in [7, 11) is 0. The van der Waals surface area contributed by atoms with Gasteiger partial charge in [0.15, 0.2) is 0 Å². The number of aryl methyl sites for hydroxylation is 1. The Morgan fingerprint density at radius 2 is 1.83 bits per heavy atom. The Morgan fingerprint density at radius 3 is 2.53 bits per heavy atom. The Morgan fingerprint density at radius 1 is 1.11 bits per heavy atom. The lowest BCUT2D eigenvalue weighted by Crippen LogP contribution is -2.51. The summed E-state index contributed by atoms with van der Waals surface area (Å²) in [5.41, 5.74) is 2.05. The molecule has 0 aliphatic carbocycles. The van der Waals surface area contributed by atoms with Crippen LogP contribution < -0.4 is 10.2 Å². The van der Waals surface area contributed by atoms with Crippen molar-refractivity contribution in [1.29, 1.82) is 0 Å². The highest BCUT2D eigenvalue weighted by Gasteiger charge is 2.35. The molecule has 0 radical (unpaired) electrons. The number of benzene rings is 2. The molecule has 4 aromatic rings. The number of fused-ring (bicyclic) bond motifs is 1. The fraction of sp³-hybridized carbons (Fsp3) is 0.296. The van der Waals surface area contributed by atoms with Crippen LogP contribution in [0.3, 0.4) is 0 Å². The molecule has 2 heterocycles. The topological polar surface area (TPSA) is 93.0 Å². The first-order valence-corrected chi connectivity index (χ1v) is 11.8. The molecule has 186 valence electrons. The first-order valence-electron chi connectivity index (χ1n) is 11.8. The number of aromatic nitrogens is 4. The minimum absolute atomic E-state index is 0.192. The van der Waals surface area contributed by atoms with Gasteiger partial charge in [-0.05, 0) is 74.7 Å². The molecule has 9 heteroatoms. The third-order valence-electron chi connectivity index (χ3n) is 6.28. The minimum Gasteiger partial charge on any atom is -0.349 e. The van der Waals surface area contributed by atoms with Crippen molar-refractivity contribution in [2.24, 2.45) is 0 Å². The number of hydrogen-bond acceptors (Lipinski definition) is 5.